The van der Waals surface area contributed by atoms with Crippen molar-refractivity contribution in [2.45, 2.75) is 40.2 Å². The fraction of sp³-hybridized carbons (Fsp3) is 0.400. The average molecular weight is 438 g/mol. The monoisotopic (exact) mass is 437 g/mol. The first-order valence-corrected chi connectivity index (χ1v) is 11.0. The maximum atomic E-state index is 13.1. The third-order valence-electron chi connectivity index (χ3n) is 6.18. The Morgan fingerprint density at radius 3 is 2.47 bits per heavy atom. The number of hydrogen-bond donors (Lipinski definition) is 2. The van der Waals surface area contributed by atoms with Gasteiger partial charge >= 0.3 is 0 Å². The number of benzene rings is 1. The number of likely N-dealkylation sites (tertiary alicyclic amines) is 1. The van der Waals surface area contributed by atoms with Gasteiger partial charge in [0.15, 0.2) is 0 Å². The number of aliphatic hydroxyl groups is 1. The second-order valence-electron chi connectivity index (χ2n) is 8.11. The minimum absolute atomic E-state index is 0.0237. The Labute approximate surface area is 189 Å². The second kappa shape index (κ2) is 9.96. The summed E-state index contributed by atoms with van der Waals surface area (Å²) in [4.78, 5) is 34.0. The number of carbonyl (C=O) groups is 2. The zero-order chi connectivity index (χ0) is 23.4. The van der Waals surface area contributed by atoms with Crippen molar-refractivity contribution in [1.82, 2.24) is 14.8 Å². The third-order valence-corrected chi connectivity index (χ3v) is 6.18. The molecule has 0 unspecified atom stereocenters. The van der Waals surface area contributed by atoms with Gasteiger partial charge in [-0.15, -0.1) is 0 Å². The number of pyridine rings is 1. The molecule has 0 saturated carbocycles. The second-order valence-corrected chi connectivity index (χ2v) is 8.11. The van der Waals surface area contributed by atoms with E-state index < -0.39 is 17.7 Å². The van der Waals surface area contributed by atoms with Gasteiger partial charge in [-0.1, -0.05) is 19.9 Å². The van der Waals surface area contributed by atoms with Crippen molar-refractivity contribution in [1.29, 1.82) is 0 Å². The first-order chi connectivity index (χ1) is 15.3. The number of aryl methyl sites for hydroxylation is 2. The highest BCUT2D eigenvalue weighted by Gasteiger charge is 2.46. The number of rotatable bonds is 8. The van der Waals surface area contributed by atoms with Gasteiger partial charge in [0.1, 0.15) is 11.5 Å². The number of phenolic OH excluding ortho intramolecular Hbond substituents is 1. The Hall–Kier alpha value is -3.19. The molecule has 0 radical (unpaired) electrons. The molecular weight excluding hydrogens is 406 g/mol. The largest absolute Gasteiger partial charge is 0.507 e. The van der Waals surface area contributed by atoms with E-state index in [0.29, 0.717) is 18.5 Å². The van der Waals surface area contributed by atoms with E-state index in [9.17, 15) is 19.8 Å². The molecule has 32 heavy (non-hydrogen) atoms. The van der Waals surface area contributed by atoms with Crippen molar-refractivity contribution in [2.24, 2.45) is 0 Å². The first-order valence-electron chi connectivity index (χ1n) is 11.0. The lowest BCUT2D eigenvalue weighted by molar-refractivity contribution is -0.140. The Balaban J connectivity index is 2.06. The molecular formula is C25H31N3O4. The third kappa shape index (κ3) is 4.53. The predicted molar refractivity (Wildman–Crippen MR) is 123 cm³/mol. The highest BCUT2D eigenvalue weighted by molar-refractivity contribution is 6.46. The van der Waals surface area contributed by atoms with Crippen molar-refractivity contribution in [3.63, 3.8) is 0 Å². The minimum atomic E-state index is -0.763. The van der Waals surface area contributed by atoms with Crippen LogP contribution in [0.4, 0.5) is 0 Å². The van der Waals surface area contributed by atoms with E-state index in [4.69, 9.17) is 0 Å². The van der Waals surface area contributed by atoms with Crippen molar-refractivity contribution < 1.29 is 19.8 Å². The van der Waals surface area contributed by atoms with Gasteiger partial charge in [-0.05, 0) is 74.8 Å². The Morgan fingerprint density at radius 2 is 1.84 bits per heavy atom. The smallest absolute Gasteiger partial charge is 0.295 e. The van der Waals surface area contributed by atoms with Crippen LogP contribution < -0.4 is 0 Å². The number of hydrogen-bond acceptors (Lipinski definition) is 6. The zero-order valence-electron chi connectivity index (χ0n) is 19.1. The number of aromatic nitrogens is 1. The molecule has 2 heterocycles. The van der Waals surface area contributed by atoms with Gasteiger partial charge in [-0.25, -0.2) is 0 Å². The maximum Gasteiger partial charge on any atom is 0.295 e. The molecule has 1 aromatic carbocycles. The normalized spacial score (nSPS) is 18.0. The van der Waals surface area contributed by atoms with E-state index in [2.05, 4.69) is 23.7 Å². The zero-order valence-corrected chi connectivity index (χ0v) is 19.1. The van der Waals surface area contributed by atoms with Gasteiger partial charge in [-0.3, -0.25) is 14.6 Å². The van der Waals surface area contributed by atoms with Crippen LogP contribution in [0, 0.1) is 13.8 Å². The van der Waals surface area contributed by atoms with Crippen LogP contribution in [-0.4, -0.2) is 62.9 Å². The summed E-state index contributed by atoms with van der Waals surface area (Å²) in [6, 6.07) is 5.94. The van der Waals surface area contributed by atoms with Gasteiger partial charge in [0, 0.05) is 18.9 Å². The predicted octanol–water partition coefficient (Wildman–Crippen LogP) is 3.56. The van der Waals surface area contributed by atoms with Crippen LogP contribution in [0.15, 0.2) is 42.2 Å². The molecule has 1 aliphatic heterocycles. The van der Waals surface area contributed by atoms with E-state index in [1.165, 1.54) is 4.90 Å². The molecule has 0 aliphatic carbocycles. The molecule has 1 aromatic heterocycles. The number of amides is 1. The van der Waals surface area contributed by atoms with Gasteiger partial charge in [-0.2, -0.15) is 0 Å². The van der Waals surface area contributed by atoms with E-state index in [1.54, 1.807) is 36.7 Å². The summed E-state index contributed by atoms with van der Waals surface area (Å²) in [7, 11) is 0. The fourth-order valence-corrected chi connectivity index (χ4v) is 4.14. The quantitative estimate of drug-likeness (QED) is 0.373. The van der Waals surface area contributed by atoms with Crippen LogP contribution in [0.25, 0.3) is 5.76 Å². The van der Waals surface area contributed by atoms with Crippen molar-refractivity contribution >= 4 is 17.4 Å². The molecule has 1 fully saturated rings. The lowest BCUT2D eigenvalue weighted by Gasteiger charge is -2.26. The van der Waals surface area contributed by atoms with Crippen molar-refractivity contribution in [3.8, 4) is 5.75 Å². The van der Waals surface area contributed by atoms with Crippen molar-refractivity contribution in [2.75, 3.05) is 26.2 Å². The average Bonchev–Trinajstić information content (AvgIpc) is 3.04. The number of ketones is 1. The number of nitrogens with zero attached hydrogens (tertiary/aromatic N) is 3. The van der Waals surface area contributed by atoms with E-state index in [0.717, 1.165) is 30.8 Å². The van der Waals surface area contributed by atoms with Crippen LogP contribution in [0.2, 0.25) is 0 Å². The Kier molecular flexibility index (Phi) is 7.30. The number of aliphatic hydroxyl groups excluding tert-OH is 1. The van der Waals surface area contributed by atoms with Crippen LogP contribution in [0.5, 0.6) is 5.75 Å². The van der Waals surface area contributed by atoms with Gasteiger partial charge in [0.05, 0.1) is 17.2 Å². The summed E-state index contributed by atoms with van der Waals surface area (Å²) in [6.45, 7) is 10.9. The number of phenols is 1. The lowest BCUT2D eigenvalue weighted by Crippen LogP contribution is -2.33. The van der Waals surface area contributed by atoms with Crippen LogP contribution in [0.1, 0.15) is 48.6 Å². The number of Topliss-reactive ketones (excluding diaryl/α,β-unsaturated/α-hetero) is 1. The molecule has 170 valence electrons. The first kappa shape index (κ1) is 23.5. The Morgan fingerprint density at radius 1 is 1.16 bits per heavy atom. The van der Waals surface area contributed by atoms with E-state index in [1.807, 2.05) is 13.8 Å². The van der Waals surface area contributed by atoms with E-state index in [-0.39, 0.29) is 22.6 Å². The molecule has 0 spiro atoms. The molecule has 1 atom stereocenters. The molecule has 1 saturated heterocycles. The molecule has 1 amide bonds. The topological polar surface area (TPSA) is 94.0 Å². The van der Waals surface area contributed by atoms with Gasteiger partial charge in [0.2, 0.25) is 0 Å². The van der Waals surface area contributed by atoms with Crippen LogP contribution >= 0.6 is 0 Å². The molecule has 7 heteroatoms. The van der Waals surface area contributed by atoms with Crippen molar-refractivity contribution in [3.05, 3.63) is 64.5 Å². The number of aromatic hydroxyl groups is 1. The minimum Gasteiger partial charge on any atom is -0.507 e. The summed E-state index contributed by atoms with van der Waals surface area (Å²) < 4.78 is 0. The summed E-state index contributed by atoms with van der Waals surface area (Å²) >= 11 is 0. The molecule has 2 aromatic rings. The molecule has 0 bridgehead atoms. The highest BCUT2D eigenvalue weighted by atomic mass is 16.3. The van der Waals surface area contributed by atoms with Gasteiger partial charge in [0.25, 0.3) is 11.7 Å². The maximum absolute atomic E-state index is 13.1. The van der Waals surface area contributed by atoms with Crippen LogP contribution in [0.3, 0.4) is 0 Å². The molecule has 7 nitrogen and oxygen atoms in total. The lowest BCUT2D eigenvalue weighted by atomic mass is 9.94. The highest BCUT2D eigenvalue weighted by Crippen LogP contribution is 2.41. The number of carbonyl (C=O) groups excluding carboxylic acids is 2. The van der Waals surface area contributed by atoms with E-state index >= 15 is 0 Å². The summed E-state index contributed by atoms with van der Waals surface area (Å²) in [5.74, 6) is -1.91. The van der Waals surface area contributed by atoms with Gasteiger partial charge < -0.3 is 20.0 Å². The molecule has 1 aliphatic rings. The fourth-order valence-electron chi connectivity index (χ4n) is 4.14. The van der Waals surface area contributed by atoms with Crippen LogP contribution in [-0.2, 0) is 9.59 Å². The summed E-state index contributed by atoms with van der Waals surface area (Å²) in [5, 5.41) is 21.6. The Bertz CT molecular complexity index is 1030. The summed E-state index contributed by atoms with van der Waals surface area (Å²) in [6.07, 6.45) is 3.91. The molecule has 3 rings (SSSR count). The molecule has 2 N–H and O–H groups in total. The summed E-state index contributed by atoms with van der Waals surface area (Å²) in [5.41, 5.74) is 2.47. The standard InChI is InChI=1S/C25H31N3O4/c1-5-27(6-2)11-8-12-28-22(18-9-7-10-26-15-18)21(24(31)25(28)32)23(30)19-13-16(3)17(4)14-20(19)29/h7,9-10,13-15,22,29-30H,5-6,8,11-12H2,1-4H3/t22-/m1/s1. The SMILES string of the molecule is CCN(CC)CCCN1C(=O)C(=O)C(=C(O)c2cc(C)c(C)cc2O)[C@H]1c1cccnc1.